The van der Waals surface area contributed by atoms with Crippen LogP contribution < -0.4 is 0 Å². The summed E-state index contributed by atoms with van der Waals surface area (Å²) in [5, 5.41) is 1.54. The van der Waals surface area contributed by atoms with E-state index in [1.165, 1.54) is 11.3 Å². The van der Waals surface area contributed by atoms with Gasteiger partial charge in [0, 0.05) is 20.7 Å². The predicted molar refractivity (Wildman–Crippen MR) is 56.2 cm³/mol. The summed E-state index contributed by atoms with van der Waals surface area (Å²) in [7, 11) is 0. The van der Waals surface area contributed by atoms with Gasteiger partial charge < -0.3 is 0 Å². The number of hydrogen-bond acceptors (Lipinski definition) is 1. The van der Waals surface area contributed by atoms with Gasteiger partial charge in [0.1, 0.15) is 0 Å². The first-order chi connectivity index (χ1) is 6.22. The molecule has 0 amide bonds. The van der Waals surface area contributed by atoms with Crippen LogP contribution in [0.5, 0.6) is 0 Å². The minimum Gasteiger partial charge on any atom is -0.195 e. The van der Waals surface area contributed by atoms with E-state index in [-0.39, 0.29) is 5.13 Å². The Labute approximate surface area is 85.0 Å². The molecule has 0 saturated carbocycles. The van der Waals surface area contributed by atoms with Gasteiger partial charge in [-0.25, -0.2) is 0 Å². The minimum atomic E-state index is -0.0835. The number of thiophene rings is 1. The molecule has 3 heteroatoms. The van der Waals surface area contributed by atoms with Crippen LogP contribution in [0.3, 0.4) is 0 Å². The molecule has 2 rings (SSSR count). The molecule has 0 fully saturated rings. The van der Waals surface area contributed by atoms with Gasteiger partial charge in [0.15, 0.2) is 5.13 Å². The fourth-order valence-electron chi connectivity index (χ4n) is 1.42. The summed E-state index contributed by atoms with van der Waals surface area (Å²) < 4.78 is 14.3. The monoisotopic (exact) mass is 214 g/mol. The molecule has 0 bridgehead atoms. The zero-order valence-electron chi connectivity index (χ0n) is 7.10. The molecule has 0 radical (unpaired) electrons. The molecular formula is C10H8ClFS. The fraction of sp³-hybridized carbons (Fsp3) is 0.200. The second-order valence-corrected chi connectivity index (χ2v) is 4.29. The lowest BCUT2D eigenvalue weighted by molar-refractivity contribution is 0.644. The Morgan fingerprint density at radius 1 is 1.46 bits per heavy atom. The largest absolute Gasteiger partial charge is 0.195 e. The second kappa shape index (κ2) is 3.28. The molecule has 0 aliphatic rings. The molecule has 0 nitrogen and oxygen atoms in total. The van der Waals surface area contributed by atoms with E-state index in [4.69, 9.17) is 11.6 Å². The summed E-state index contributed by atoms with van der Waals surface area (Å²) in [6.45, 7) is 1.95. The molecule has 0 N–H and O–H groups in total. The zero-order valence-corrected chi connectivity index (χ0v) is 8.68. The first kappa shape index (κ1) is 8.97. The van der Waals surface area contributed by atoms with E-state index in [9.17, 15) is 4.39 Å². The summed E-state index contributed by atoms with van der Waals surface area (Å²) in [5.74, 6) is 0. The van der Waals surface area contributed by atoms with E-state index < -0.39 is 0 Å². The van der Waals surface area contributed by atoms with Crippen LogP contribution in [-0.2, 0) is 6.42 Å². The molecule has 0 atom stereocenters. The lowest BCUT2D eigenvalue weighted by Crippen LogP contribution is -1.79. The minimum absolute atomic E-state index is 0.0835. The molecule has 0 spiro atoms. The van der Waals surface area contributed by atoms with Gasteiger partial charge >= 0.3 is 0 Å². The van der Waals surface area contributed by atoms with Gasteiger partial charge in [-0.05, 0) is 24.6 Å². The molecule has 0 aliphatic carbocycles. The first-order valence-corrected chi connectivity index (χ1v) is 5.28. The van der Waals surface area contributed by atoms with E-state index >= 15 is 0 Å². The third-order valence-corrected chi connectivity index (χ3v) is 3.29. The van der Waals surface area contributed by atoms with E-state index in [1.807, 2.05) is 19.1 Å². The fourth-order valence-corrected chi connectivity index (χ4v) is 2.59. The van der Waals surface area contributed by atoms with Crippen LogP contribution in [0.1, 0.15) is 12.5 Å². The highest BCUT2D eigenvalue weighted by Crippen LogP contribution is 2.32. The molecule has 0 aliphatic heterocycles. The molecule has 68 valence electrons. The van der Waals surface area contributed by atoms with Crippen LogP contribution in [0.15, 0.2) is 18.2 Å². The van der Waals surface area contributed by atoms with Crippen LogP contribution >= 0.6 is 22.9 Å². The van der Waals surface area contributed by atoms with Crippen molar-refractivity contribution in [1.29, 1.82) is 0 Å². The summed E-state index contributed by atoms with van der Waals surface area (Å²) >= 11 is 7.03. The van der Waals surface area contributed by atoms with E-state index in [1.54, 1.807) is 6.07 Å². The van der Waals surface area contributed by atoms with Crippen LogP contribution in [-0.4, -0.2) is 0 Å². The van der Waals surface area contributed by atoms with E-state index in [0.717, 1.165) is 15.6 Å². The third-order valence-electron chi connectivity index (χ3n) is 2.06. The zero-order chi connectivity index (χ0) is 9.42. The van der Waals surface area contributed by atoms with Crippen molar-refractivity contribution in [3.8, 4) is 0 Å². The van der Waals surface area contributed by atoms with Gasteiger partial charge in [0.25, 0.3) is 0 Å². The van der Waals surface area contributed by atoms with Gasteiger partial charge in [0.2, 0.25) is 0 Å². The highest BCUT2D eigenvalue weighted by molar-refractivity contribution is 7.17. The summed E-state index contributed by atoms with van der Waals surface area (Å²) in [6.07, 6.45) is 0.714. The van der Waals surface area contributed by atoms with Crippen molar-refractivity contribution in [2.24, 2.45) is 0 Å². The number of hydrogen-bond donors (Lipinski definition) is 0. The molecule has 0 saturated heterocycles. The Morgan fingerprint density at radius 2 is 2.23 bits per heavy atom. The second-order valence-electron chi connectivity index (χ2n) is 2.85. The van der Waals surface area contributed by atoms with E-state index in [2.05, 4.69) is 0 Å². The van der Waals surface area contributed by atoms with Gasteiger partial charge in [-0.2, -0.15) is 4.39 Å². The average Bonchev–Trinajstić information content (AvgIpc) is 2.40. The summed E-state index contributed by atoms with van der Waals surface area (Å²) in [5.41, 5.74) is 0.780. The van der Waals surface area contributed by atoms with Crippen molar-refractivity contribution in [1.82, 2.24) is 0 Å². The number of rotatable bonds is 1. The lowest BCUT2D eigenvalue weighted by atomic mass is 10.1. The quantitative estimate of drug-likeness (QED) is 0.666. The van der Waals surface area contributed by atoms with Crippen molar-refractivity contribution >= 4 is 33.0 Å². The Bertz CT molecular complexity index is 447. The third kappa shape index (κ3) is 1.45. The van der Waals surface area contributed by atoms with Crippen molar-refractivity contribution in [2.75, 3.05) is 0 Å². The summed E-state index contributed by atoms with van der Waals surface area (Å²) in [4.78, 5) is 0. The average molecular weight is 215 g/mol. The number of halogens is 2. The molecule has 2 aromatic rings. The molecular weight excluding hydrogens is 207 g/mol. The lowest BCUT2D eigenvalue weighted by Gasteiger charge is -1.94. The van der Waals surface area contributed by atoms with E-state index in [0.29, 0.717) is 11.4 Å². The molecule has 1 aromatic carbocycles. The Balaban J connectivity index is 2.80. The van der Waals surface area contributed by atoms with Crippen molar-refractivity contribution < 1.29 is 4.39 Å². The maximum atomic E-state index is 13.3. The number of aryl methyl sites for hydroxylation is 1. The van der Waals surface area contributed by atoms with Gasteiger partial charge in [-0.1, -0.05) is 18.5 Å². The first-order valence-electron chi connectivity index (χ1n) is 4.08. The summed E-state index contributed by atoms with van der Waals surface area (Å²) in [6, 6.07) is 5.49. The molecule has 13 heavy (non-hydrogen) atoms. The van der Waals surface area contributed by atoms with Crippen LogP contribution in [0.2, 0.25) is 5.02 Å². The van der Waals surface area contributed by atoms with Crippen molar-refractivity contribution in [3.63, 3.8) is 0 Å². The maximum Gasteiger partial charge on any atom is 0.180 e. The molecule has 1 aromatic heterocycles. The highest BCUT2D eigenvalue weighted by Gasteiger charge is 2.09. The Morgan fingerprint density at radius 3 is 2.92 bits per heavy atom. The van der Waals surface area contributed by atoms with Crippen LogP contribution in [0.25, 0.3) is 10.1 Å². The van der Waals surface area contributed by atoms with Crippen LogP contribution in [0.4, 0.5) is 4.39 Å². The Kier molecular flexibility index (Phi) is 2.26. The topological polar surface area (TPSA) is 0 Å². The van der Waals surface area contributed by atoms with Gasteiger partial charge in [-0.15, -0.1) is 11.3 Å². The van der Waals surface area contributed by atoms with Gasteiger partial charge in [0.05, 0.1) is 0 Å². The van der Waals surface area contributed by atoms with Gasteiger partial charge in [-0.3, -0.25) is 0 Å². The Hall–Kier alpha value is -0.600. The van der Waals surface area contributed by atoms with Crippen molar-refractivity contribution in [2.45, 2.75) is 13.3 Å². The smallest absolute Gasteiger partial charge is 0.180 e. The standard InChI is InChI=1S/C10H8ClFS/c1-2-7-8-5-6(11)3-4-9(8)13-10(7)12/h3-5H,2H2,1H3. The number of benzene rings is 1. The normalized spacial score (nSPS) is 11.0. The molecule has 1 heterocycles. The maximum absolute atomic E-state index is 13.3. The SMILES string of the molecule is CCc1c(F)sc2ccc(Cl)cc12. The number of fused-ring (bicyclic) bond motifs is 1. The predicted octanol–water partition coefficient (Wildman–Crippen LogP) is 4.26. The molecule has 0 unspecified atom stereocenters. The van der Waals surface area contributed by atoms with Crippen LogP contribution in [0, 0.1) is 5.13 Å². The highest BCUT2D eigenvalue weighted by atomic mass is 35.5. The van der Waals surface area contributed by atoms with Crippen molar-refractivity contribution in [3.05, 3.63) is 33.9 Å².